The molecule has 0 unspecified atom stereocenters. The summed E-state index contributed by atoms with van der Waals surface area (Å²) in [5.74, 6) is 0. The van der Waals surface area contributed by atoms with E-state index in [2.05, 4.69) is 140 Å². The molecule has 0 aliphatic rings. The first-order valence-electron chi connectivity index (χ1n) is 16.3. The van der Waals surface area contributed by atoms with Crippen molar-refractivity contribution in [2.75, 3.05) is 0 Å². The number of rotatable bonds is 11. The molecule has 44 heavy (non-hydrogen) atoms. The zero-order valence-corrected chi connectivity index (χ0v) is 25.4. The van der Waals surface area contributed by atoms with Gasteiger partial charge in [0.1, 0.15) is 0 Å². The van der Waals surface area contributed by atoms with Crippen LogP contribution in [0.2, 0.25) is 0 Å². The lowest BCUT2D eigenvalue weighted by molar-refractivity contribution is 0.594. The number of aryl methyl sites for hydroxylation is 2. The third-order valence-electron chi connectivity index (χ3n) is 9.10. The van der Waals surface area contributed by atoms with Crippen molar-refractivity contribution in [2.24, 2.45) is 0 Å². The molecule has 0 amide bonds. The van der Waals surface area contributed by atoms with Gasteiger partial charge in [0.05, 0.1) is 5.69 Å². The molecular weight excluding hydrogens is 530 g/mol. The summed E-state index contributed by atoms with van der Waals surface area (Å²) in [7, 11) is 0. The minimum atomic E-state index is 1.01. The fraction of sp³-hybridized carbons (Fsp3) is 0.186. The molecular formula is C43H39N. The first-order chi connectivity index (χ1) is 21.8. The Kier molecular flexibility index (Phi) is 8.46. The Labute approximate surface area is 261 Å². The third-order valence-corrected chi connectivity index (χ3v) is 9.10. The topological polar surface area (TPSA) is 12.9 Å². The molecule has 0 aliphatic carbocycles. The number of unbranched alkanes of at least 4 members (excludes halogenated alkanes) is 5. The third kappa shape index (κ3) is 6.15. The highest BCUT2D eigenvalue weighted by atomic mass is 14.7. The molecule has 1 heterocycles. The minimum absolute atomic E-state index is 1.01. The van der Waals surface area contributed by atoms with E-state index in [4.69, 9.17) is 4.98 Å². The van der Waals surface area contributed by atoms with Gasteiger partial charge in [0, 0.05) is 17.1 Å². The second-order valence-electron chi connectivity index (χ2n) is 12.1. The number of hydrogen-bond donors (Lipinski definition) is 0. The lowest BCUT2D eigenvalue weighted by Gasteiger charge is -2.12. The molecule has 1 heteroatoms. The quantitative estimate of drug-likeness (QED) is 0.111. The van der Waals surface area contributed by atoms with Crippen molar-refractivity contribution in [1.82, 2.24) is 4.98 Å². The Morgan fingerprint density at radius 3 is 1.52 bits per heavy atom. The van der Waals surface area contributed by atoms with Crippen LogP contribution in [0.1, 0.15) is 49.7 Å². The molecule has 1 nitrogen and oxygen atoms in total. The van der Waals surface area contributed by atoms with E-state index in [1.165, 1.54) is 99.5 Å². The molecule has 7 rings (SSSR count). The van der Waals surface area contributed by atoms with Crippen molar-refractivity contribution >= 4 is 32.3 Å². The predicted molar refractivity (Wildman–Crippen MR) is 189 cm³/mol. The maximum Gasteiger partial charge on any atom is 0.0708 e. The van der Waals surface area contributed by atoms with Gasteiger partial charge < -0.3 is 0 Å². The Hall–Kier alpha value is -4.75. The molecule has 6 aromatic carbocycles. The standard InChI is InChI=1S/C43H39N/c1(3-6-15-32-16-8-5-9-17-32)2-4-7-18-33-25-27-34(28-26-33)35-19-14-20-36(29-35)43-30-41-39-23-12-10-21-37(39)38-22-11-13-24-40(38)42(41)31-44-43/h5,8-14,16-17,19-31H,1-4,6-7,15,18H2. The predicted octanol–water partition coefficient (Wildman–Crippen LogP) is 12.0. The van der Waals surface area contributed by atoms with Crippen LogP contribution in [0, 0.1) is 0 Å². The molecule has 0 aliphatic heterocycles. The van der Waals surface area contributed by atoms with Crippen molar-refractivity contribution in [1.29, 1.82) is 0 Å². The highest BCUT2D eigenvalue weighted by Crippen LogP contribution is 2.36. The molecule has 0 N–H and O–H groups in total. The maximum atomic E-state index is 4.96. The normalized spacial score (nSPS) is 11.5. The van der Waals surface area contributed by atoms with Gasteiger partial charge in [-0.3, -0.25) is 4.98 Å². The Balaban J connectivity index is 1.000. The van der Waals surface area contributed by atoms with Crippen LogP contribution >= 0.6 is 0 Å². The second kappa shape index (κ2) is 13.3. The smallest absolute Gasteiger partial charge is 0.0708 e. The van der Waals surface area contributed by atoms with Gasteiger partial charge in [-0.05, 0) is 87.0 Å². The number of pyridine rings is 1. The van der Waals surface area contributed by atoms with Gasteiger partial charge in [0.15, 0.2) is 0 Å². The van der Waals surface area contributed by atoms with E-state index in [1.807, 2.05) is 0 Å². The fourth-order valence-corrected chi connectivity index (χ4v) is 6.69. The molecule has 0 fully saturated rings. The summed E-state index contributed by atoms with van der Waals surface area (Å²) in [6.07, 6.45) is 12.4. The lowest BCUT2D eigenvalue weighted by atomic mass is 9.94. The number of benzene rings is 6. The van der Waals surface area contributed by atoms with Gasteiger partial charge >= 0.3 is 0 Å². The van der Waals surface area contributed by atoms with Crippen molar-refractivity contribution in [2.45, 2.75) is 51.4 Å². The molecule has 1 aromatic heterocycles. The molecule has 0 atom stereocenters. The zero-order valence-electron chi connectivity index (χ0n) is 25.4. The average Bonchev–Trinajstić information content (AvgIpc) is 3.10. The summed E-state index contributed by atoms with van der Waals surface area (Å²) in [4.78, 5) is 4.96. The summed E-state index contributed by atoms with van der Waals surface area (Å²) in [5.41, 5.74) is 7.55. The van der Waals surface area contributed by atoms with E-state index in [9.17, 15) is 0 Å². The summed E-state index contributed by atoms with van der Waals surface area (Å²) < 4.78 is 0. The van der Waals surface area contributed by atoms with Crippen LogP contribution in [0.25, 0.3) is 54.7 Å². The molecule has 216 valence electrons. The summed E-state index contributed by atoms with van der Waals surface area (Å²) in [6, 6.07) is 48.6. The first kappa shape index (κ1) is 28.0. The average molecular weight is 570 g/mol. The van der Waals surface area contributed by atoms with Crippen LogP contribution in [0.15, 0.2) is 140 Å². The van der Waals surface area contributed by atoms with Gasteiger partial charge in [0.25, 0.3) is 0 Å². The van der Waals surface area contributed by atoms with Gasteiger partial charge in [-0.1, -0.05) is 147 Å². The highest BCUT2D eigenvalue weighted by Gasteiger charge is 2.11. The number of aromatic nitrogens is 1. The minimum Gasteiger partial charge on any atom is -0.256 e. The van der Waals surface area contributed by atoms with E-state index >= 15 is 0 Å². The van der Waals surface area contributed by atoms with E-state index in [1.54, 1.807) is 0 Å². The molecule has 0 saturated carbocycles. The van der Waals surface area contributed by atoms with Crippen molar-refractivity contribution < 1.29 is 0 Å². The lowest BCUT2D eigenvalue weighted by Crippen LogP contribution is -1.89. The van der Waals surface area contributed by atoms with E-state index in [-0.39, 0.29) is 0 Å². The Bertz CT molecular complexity index is 1970. The van der Waals surface area contributed by atoms with E-state index in [0.717, 1.165) is 17.7 Å². The van der Waals surface area contributed by atoms with Crippen LogP contribution in [0.5, 0.6) is 0 Å². The second-order valence-corrected chi connectivity index (χ2v) is 12.1. The van der Waals surface area contributed by atoms with Crippen LogP contribution in [-0.4, -0.2) is 4.98 Å². The van der Waals surface area contributed by atoms with Gasteiger partial charge in [-0.25, -0.2) is 0 Å². The largest absolute Gasteiger partial charge is 0.256 e. The molecule has 0 saturated heterocycles. The molecule has 0 radical (unpaired) electrons. The van der Waals surface area contributed by atoms with Gasteiger partial charge in [-0.15, -0.1) is 0 Å². The summed E-state index contributed by atoms with van der Waals surface area (Å²) in [6.45, 7) is 0. The Morgan fingerprint density at radius 1 is 0.341 bits per heavy atom. The SMILES string of the molecule is c1ccc(CCCCCCCCc2ccc(-c3cccc(-c4cc5c6ccccc6c6ccccc6c5cn4)c3)cc2)cc1. The molecule has 0 spiro atoms. The van der Waals surface area contributed by atoms with Crippen LogP contribution in [-0.2, 0) is 12.8 Å². The van der Waals surface area contributed by atoms with Crippen molar-refractivity contribution in [3.8, 4) is 22.4 Å². The Morgan fingerprint density at radius 2 is 0.864 bits per heavy atom. The first-order valence-corrected chi connectivity index (χ1v) is 16.3. The number of fused-ring (bicyclic) bond motifs is 6. The fourth-order valence-electron chi connectivity index (χ4n) is 6.69. The summed E-state index contributed by atoms with van der Waals surface area (Å²) >= 11 is 0. The van der Waals surface area contributed by atoms with E-state index in [0.29, 0.717) is 0 Å². The number of nitrogens with zero attached hydrogens (tertiary/aromatic N) is 1. The molecule has 7 aromatic rings. The van der Waals surface area contributed by atoms with Crippen LogP contribution in [0.3, 0.4) is 0 Å². The van der Waals surface area contributed by atoms with Crippen molar-refractivity contribution in [3.05, 3.63) is 151 Å². The zero-order chi connectivity index (χ0) is 29.6. The van der Waals surface area contributed by atoms with Gasteiger partial charge in [-0.2, -0.15) is 0 Å². The van der Waals surface area contributed by atoms with Crippen LogP contribution < -0.4 is 0 Å². The summed E-state index contributed by atoms with van der Waals surface area (Å²) in [5, 5.41) is 7.57. The molecule has 0 bridgehead atoms. The monoisotopic (exact) mass is 569 g/mol. The number of hydrogen-bond acceptors (Lipinski definition) is 1. The van der Waals surface area contributed by atoms with Crippen LogP contribution in [0.4, 0.5) is 0 Å². The van der Waals surface area contributed by atoms with Crippen molar-refractivity contribution in [3.63, 3.8) is 0 Å². The van der Waals surface area contributed by atoms with E-state index < -0.39 is 0 Å². The van der Waals surface area contributed by atoms with Gasteiger partial charge in [0.2, 0.25) is 0 Å². The maximum absolute atomic E-state index is 4.96. The highest BCUT2D eigenvalue weighted by molar-refractivity contribution is 6.25.